The van der Waals surface area contributed by atoms with Crippen molar-refractivity contribution < 1.29 is 32.5 Å². The summed E-state index contributed by atoms with van der Waals surface area (Å²) in [6, 6.07) is 2.23. The van der Waals surface area contributed by atoms with Crippen LogP contribution in [0.2, 0.25) is 0 Å². The van der Waals surface area contributed by atoms with Gasteiger partial charge >= 0.3 is 14.0 Å². The van der Waals surface area contributed by atoms with Crippen LogP contribution in [0.25, 0.3) is 0 Å². The van der Waals surface area contributed by atoms with Gasteiger partial charge < -0.3 is 15.3 Å². The third-order valence-electron chi connectivity index (χ3n) is 5.90. The van der Waals surface area contributed by atoms with Crippen molar-refractivity contribution >= 4 is 30.6 Å². The van der Waals surface area contributed by atoms with Gasteiger partial charge in [0, 0.05) is 12.6 Å². The fraction of sp³-hybridized carbons (Fsp3) is 0.583. The van der Waals surface area contributed by atoms with E-state index in [0.29, 0.717) is 13.0 Å². The van der Waals surface area contributed by atoms with Gasteiger partial charge in [0.05, 0.1) is 23.9 Å². The summed E-state index contributed by atoms with van der Waals surface area (Å²) in [5.41, 5.74) is -1.49. The molecule has 0 aromatic heterocycles. The quantitative estimate of drug-likeness (QED) is 0.453. The molecular weight excluding hydrogens is 482 g/mol. The van der Waals surface area contributed by atoms with Gasteiger partial charge in [-0.2, -0.15) is 22.6 Å². The van der Waals surface area contributed by atoms with Crippen LogP contribution in [0.15, 0.2) is 34.3 Å². The molecule has 1 unspecified atom stereocenters. The van der Waals surface area contributed by atoms with Crippen molar-refractivity contribution in [3.8, 4) is 0 Å². The van der Waals surface area contributed by atoms with Crippen LogP contribution in [0.5, 0.6) is 0 Å². The van der Waals surface area contributed by atoms with Crippen molar-refractivity contribution in [3.63, 3.8) is 0 Å². The van der Waals surface area contributed by atoms with Gasteiger partial charge in [0.15, 0.2) is 5.84 Å². The number of nitrogens with zero attached hydrogens (tertiary/aromatic N) is 2. The van der Waals surface area contributed by atoms with Gasteiger partial charge in [-0.3, -0.25) is 4.79 Å². The number of aliphatic hydroxyl groups is 1. The molecule has 2 aliphatic heterocycles. The van der Waals surface area contributed by atoms with E-state index in [-0.39, 0.29) is 40.2 Å². The smallest absolute Gasteiger partial charge is 0.432 e. The van der Waals surface area contributed by atoms with E-state index in [2.05, 4.69) is 30.9 Å². The number of alkyl halides is 3. The number of nitrogens with one attached hydrogen (secondary N) is 1. The van der Waals surface area contributed by atoms with Gasteiger partial charge in [0.2, 0.25) is 5.30 Å². The van der Waals surface area contributed by atoms with Crippen molar-refractivity contribution in [1.29, 1.82) is 0 Å². The Kier molecular flexibility index (Phi) is 7.09. The molecular formula is C24H34F3N3O4P+. The SMILES string of the molecule is CCO[P+]1(O)N=C(C2=C(O)[C@H](C(C)(C)C)N(CCC(C)(C)C)C2=O)Nc2ccc(C(F)(F)F)cc21. The molecule has 7 nitrogen and oxygen atoms in total. The first-order chi connectivity index (χ1) is 15.9. The topological polar surface area (TPSA) is 94.4 Å². The monoisotopic (exact) mass is 516 g/mol. The minimum atomic E-state index is -4.62. The van der Waals surface area contributed by atoms with Crippen LogP contribution in [0.4, 0.5) is 18.9 Å². The third-order valence-corrected chi connectivity index (χ3v) is 7.98. The summed E-state index contributed by atoms with van der Waals surface area (Å²) in [4.78, 5) is 26.5. The summed E-state index contributed by atoms with van der Waals surface area (Å²) in [6.07, 6.45) is -3.93. The van der Waals surface area contributed by atoms with Crippen molar-refractivity contribution in [3.05, 3.63) is 35.1 Å². The molecule has 194 valence electrons. The zero-order valence-corrected chi connectivity index (χ0v) is 22.0. The number of amidine groups is 1. The molecule has 1 aromatic carbocycles. The van der Waals surface area contributed by atoms with E-state index in [4.69, 9.17) is 4.52 Å². The number of hydrogen-bond donors (Lipinski definition) is 3. The van der Waals surface area contributed by atoms with Crippen molar-refractivity contribution in [2.75, 3.05) is 18.5 Å². The Morgan fingerprint density at radius 3 is 2.31 bits per heavy atom. The first-order valence-corrected chi connectivity index (χ1v) is 13.1. The molecule has 2 atom stereocenters. The molecule has 0 aliphatic carbocycles. The lowest BCUT2D eigenvalue weighted by atomic mass is 9.84. The van der Waals surface area contributed by atoms with Crippen LogP contribution in [0.3, 0.4) is 0 Å². The Morgan fingerprint density at radius 2 is 1.80 bits per heavy atom. The van der Waals surface area contributed by atoms with E-state index in [1.165, 1.54) is 6.07 Å². The highest BCUT2D eigenvalue weighted by Crippen LogP contribution is 2.60. The Bertz CT molecular complexity index is 1070. The Morgan fingerprint density at radius 1 is 1.17 bits per heavy atom. The number of benzene rings is 1. The maximum absolute atomic E-state index is 13.6. The van der Waals surface area contributed by atoms with Gasteiger partial charge in [0.1, 0.15) is 11.3 Å². The highest BCUT2D eigenvalue weighted by atomic mass is 31.2. The van der Waals surface area contributed by atoms with Gasteiger partial charge in [-0.05, 0) is 41.1 Å². The predicted molar refractivity (Wildman–Crippen MR) is 132 cm³/mol. The molecule has 3 N–H and O–H groups in total. The van der Waals surface area contributed by atoms with E-state index in [9.17, 15) is 28.0 Å². The molecule has 35 heavy (non-hydrogen) atoms. The molecule has 1 amide bonds. The molecule has 0 saturated carbocycles. The van der Waals surface area contributed by atoms with E-state index in [1.54, 1.807) is 11.8 Å². The van der Waals surface area contributed by atoms with Crippen molar-refractivity contribution in [2.45, 2.75) is 67.1 Å². The minimum absolute atomic E-state index is 0.0158. The lowest BCUT2D eigenvalue weighted by Crippen LogP contribution is -2.45. The third kappa shape index (κ3) is 5.49. The van der Waals surface area contributed by atoms with Gasteiger partial charge in [0.25, 0.3) is 5.91 Å². The molecule has 3 rings (SSSR count). The molecule has 0 spiro atoms. The zero-order chi connectivity index (χ0) is 26.6. The standard InChI is InChI=1S/C24H33F3N3O4P/c1-8-34-35(33)16-13-14(24(25,26)27)9-10-15(16)28-20(29-35)17-18(31)19(23(5,6)7)30(21(17)32)12-11-22(2,3)4/h9-10,13,19,33H,8,11-12H2,1-7H3,(H-,28,29,31,32)/p+1/t19-,35?/m1/s1. The van der Waals surface area contributed by atoms with E-state index in [1.807, 2.05) is 20.8 Å². The van der Waals surface area contributed by atoms with E-state index >= 15 is 0 Å². The van der Waals surface area contributed by atoms with Crippen molar-refractivity contribution in [1.82, 2.24) is 4.90 Å². The van der Waals surface area contributed by atoms with Crippen LogP contribution in [-0.4, -0.2) is 45.8 Å². The van der Waals surface area contributed by atoms with Crippen LogP contribution in [-0.2, 0) is 15.5 Å². The fourth-order valence-corrected chi connectivity index (χ4v) is 6.07. The number of aliphatic hydroxyl groups excluding tert-OH is 1. The fourth-order valence-electron chi connectivity index (χ4n) is 4.23. The second-order valence-electron chi connectivity index (χ2n) is 11.1. The Hall–Kier alpha value is -2.16. The highest BCUT2D eigenvalue weighted by molar-refractivity contribution is 7.72. The molecule has 2 aliphatic rings. The number of hydrogen-bond acceptors (Lipinski definition) is 6. The van der Waals surface area contributed by atoms with E-state index < -0.39 is 37.0 Å². The molecule has 2 heterocycles. The molecule has 1 aromatic rings. The first kappa shape index (κ1) is 27.4. The summed E-state index contributed by atoms with van der Waals surface area (Å²) in [7, 11) is -3.92. The number of rotatable bonds is 5. The first-order valence-electron chi connectivity index (χ1n) is 11.5. The van der Waals surface area contributed by atoms with Crippen LogP contribution >= 0.6 is 7.87 Å². The lowest BCUT2D eigenvalue weighted by molar-refractivity contribution is -0.137. The van der Waals surface area contributed by atoms with Crippen LogP contribution < -0.4 is 10.6 Å². The van der Waals surface area contributed by atoms with Crippen molar-refractivity contribution in [2.24, 2.45) is 15.6 Å². The van der Waals surface area contributed by atoms with Crippen LogP contribution in [0.1, 0.15) is 60.5 Å². The number of anilines is 1. The number of carbonyl (C=O) groups excluding carboxylic acids is 1. The number of fused-ring (bicyclic) bond motifs is 1. The largest absolute Gasteiger partial charge is 0.509 e. The highest BCUT2D eigenvalue weighted by Gasteiger charge is 2.53. The van der Waals surface area contributed by atoms with E-state index in [0.717, 1.165) is 12.1 Å². The lowest BCUT2D eigenvalue weighted by Gasteiger charge is -2.36. The average Bonchev–Trinajstić information content (AvgIpc) is 2.94. The maximum Gasteiger partial charge on any atom is 0.432 e. The molecule has 0 fully saturated rings. The average molecular weight is 517 g/mol. The zero-order valence-electron chi connectivity index (χ0n) is 21.1. The number of amides is 1. The van der Waals surface area contributed by atoms with Crippen LogP contribution in [0, 0.1) is 10.8 Å². The molecule has 0 saturated heterocycles. The summed E-state index contributed by atoms with van der Waals surface area (Å²) in [6.45, 7) is 13.8. The van der Waals surface area contributed by atoms with Gasteiger partial charge in [-0.15, -0.1) is 0 Å². The van der Waals surface area contributed by atoms with Gasteiger partial charge in [-0.25, -0.2) is 0 Å². The number of carbonyl (C=O) groups is 1. The summed E-state index contributed by atoms with van der Waals surface area (Å²) < 4.78 is 49.7. The maximum atomic E-state index is 13.6. The summed E-state index contributed by atoms with van der Waals surface area (Å²) in [5.74, 6) is -0.769. The minimum Gasteiger partial charge on any atom is -0.509 e. The van der Waals surface area contributed by atoms with Gasteiger partial charge in [-0.1, -0.05) is 41.5 Å². The molecule has 11 heteroatoms. The predicted octanol–water partition coefficient (Wildman–Crippen LogP) is 5.45. The normalized spacial score (nSPS) is 23.4. The Labute approximate surface area is 204 Å². The summed E-state index contributed by atoms with van der Waals surface area (Å²) >= 11 is 0. The summed E-state index contributed by atoms with van der Waals surface area (Å²) in [5, 5.41) is 14.0. The Balaban J connectivity index is 2.11. The number of halogens is 3. The molecule has 0 radical (unpaired) electrons. The molecule has 0 bridgehead atoms. The second-order valence-corrected chi connectivity index (χ2v) is 13.1. The second kappa shape index (κ2) is 9.05.